The number of thioether (sulfide) groups is 1. The predicted octanol–water partition coefficient (Wildman–Crippen LogP) is 1.82. The van der Waals surface area contributed by atoms with E-state index in [1.54, 1.807) is 31.3 Å². The van der Waals surface area contributed by atoms with Crippen LogP contribution in [0.5, 0.6) is 0 Å². The fourth-order valence-corrected chi connectivity index (χ4v) is 2.97. The Morgan fingerprint density at radius 3 is 2.89 bits per heavy atom. The zero-order valence-electron chi connectivity index (χ0n) is 14.6. The van der Waals surface area contributed by atoms with Crippen molar-refractivity contribution >= 4 is 29.7 Å². The maximum absolute atomic E-state index is 12.3. The van der Waals surface area contributed by atoms with E-state index in [2.05, 4.69) is 20.8 Å². The Hall–Kier alpha value is -2.88. The lowest BCUT2D eigenvalue weighted by molar-refractivity contribution is -0.123. The van der Waals surface area contributed by atoms with Gasteiger partial charge in [0.05, 0.1) is 11.3 Å². The summed E-state index contributed by atoms with van der Waals surface area (Å²) < 4.78 is 9.99. The Bertz CT molecular complexity index is 849. The summed E-state index contributed by atoms with van der Waals surface area (Å²) in [6.45, 7) is 1.24. The smallest absolute Gasteiger partial charge is 0.341 e. The van der Waals surface area contributed by atoms with Crippen LogP contribution in [0.1, 0.15) is 34.7 Å². The molecular formula is C17H18N4O5S. The Morgan fingerprint density at radius 2 is 2.19 bits per heavy atom. The predicted molar refractivity (Wildman–Crippen MR) is 95.0 cm³/mol. The summed E-state index contributed by atoms with van der Waals surface area (Å²) in [5, 5.41) is 9.07. The average Bonchev–Trinajstić information content (AvgIpc) is 3.36. The van der Waals surface area contributed by atoms with Gasteiger partial charge in [0.25, 0.3) is 5.91 Å². The van der Waals surface area contributed by atoms with E-state index in [1.165, 1.54) is 11.8 Å². The molecule has 2 N–H and O–H groups in total. The first-order valence-electron chi connectivity index (χ1n) is 8.29. The van der Waals surface area contributed by atoms with Gasteiger partial charge in [0, 0.05) is 24.1 Å². The number of urea groups is 1. The number of rotatable bonds is 7. The lowest BCUT2D eigenvalue weighted by Gasteiger charge is -2.08. The van der Waals surface area contributed by atoms with Crippen LogP contribution >= 0.6 is 11.8 Å². The van der Waals surface area contributed by atoms with E-state index >= 15 is 0 Å². The molecular weight excluding hydrogens is 372 g/mol. The number of aryl methyl sites for hydroxylation is 1. The highest BCUT2D eigenvalue weighted by molar-refractivity contribution is 7.98. The molecule has 0 bridgehead atoms. The Morgan fingerprint density at radius 1 is 1.37 bits per heavy atom. The number of hydrogen-bond acceptors (Lipinski definition) is 8. The molecule has 0 unspecified atom stereocenters. The van der Waals surface area contributed by atoms with E-state index in [0.717, 1.165) is 18.5 Å². The zero-order valence-corrected chi connectivity index (χ0v) is 15.4. The molecule has 3 amide bonds. The number of hydrogen-bond donors (Lipinski definition) is 2. The van der Waals surface area contributed by atoms with Crippen molar-refractivity contribution in [2.75, 3.05) is 6.61 Å². The van der Waals surface area contributed by atoms with Crippen molar-refractivity contribution in [2.24, 2.45) is 0 Å². The number of imide groups is 1. The summed E-state index contributed by atoms with van der Waals surface area (Å²) in [7, 11) is 0. The molecule has 0 saturated heterocycles. The summed E-state index contributed by atoms with van der Waals surface area (Å²) >= 11 is 1.30. The van der Waals surface area contributed by atoms with E-state index in [0.29, 0.717) is 16.5 Å². The molecule has 0 atom stereocenters. The average molecular weight is 390 g/mol. The largest absolute Gasteiger partial charge is 0.452 e. The van der Waals surface area contributed by atoms with Crippen LogP contribution in [-0.4, -0.2) is 40.7 Å². The second-order valence-electron chi connectivity index (χ2n) is 5.95. The monoisotopic (exact) mass is 390 g/mol. The molecule has 2 aromatic heterocycles. The second-order valence-corrected chi connectivity index (χ2v) is 6.91. The van der Waals surface area contributed by atoms with E-state index < -0.39 is 24.5 Å². The topological polar surface area (TPSA) is 123 Å². The van der Waals surface area contributed by atoms with Crippen molar-refractivity contribution in [1.82, 2.24) is 20.8 Å². The highest BCUT2D eigenvalue weighted by Crippen LogP contribution is 2.24. The van der Waals surface area contributed by atoms with Crippen molar-refractivity contribution in [1.29, 1.82) is 0 Å². The van der Waals surface area contributed by atoms with Gasteiger partial charge < -0.3 is 14.6 Å². The van der Waals surface area contributed by atoms with E-state index in [-0.39, 0.29) is 11.6 Å². The molecule has 0 radical (unpaired) electrons. The third-order valence-corrected chi connectivity index (χ3v) is 4.56. The summed E-state index contributed by atoms with van der Waals surface area (Å²) in [6.07, 6.45) is 3.37. The maximum atomic E-state index is 12.3. The summed E-state index contributed by atoms with van der Waals surface area (Å²) in [5.41, 5.74) is 0.960. The molecule has 1 aliphatic rings. The lowest BCUT2D eigenvalue weighted by Crippen LogP contribution is -2.42. The van der Waals surface area contributed by atoms with Crippen LogP contribution in [-0.2, 0) is 15.3 Å². The third kappa shape index (κ3) is 5.81. The zero-order chi connectivity index (χ0) is 19.2. The Kier molecular flexibility index (Phi) is 6.07. The van der Waals surface area contributed by atoms with Crippen molar-refractivity contribution in [3.05, 3.63) is 41.4 Å². The molecule has 1 saturated carbocycles. The normalized spacial score (nSPS) is 13.1. The fraction of sp³-hybridized carbons (Fsp3) is 0.353. The quantitative estimate of drug-likeness (QED) is 0.542. The van der Waals surface area contributed by atoms with E-state index in [4.69, 9.17) is 9.26 Å². The standard InChI is InChI=1S/C17H18N4O5S/c1-10-7-12(21-26-10)9-27-15-13(3-2-6-18-15)16(23)25-8-14(22)20-17(24)19-11-4-5-11/h2-3,6-7,11H,4-5,8-9H2,1H3,(H2,19,20,22,24). The van der Waals surface area contributed by atoms with Gasteiger partial charge in [-0.2, -0.15) is 0 Å². The Labute approximate surface area is 159 Å². The SMILES string of the molecule is Cc1cc(CSc2ncccc2C(=O)OCC(=O)NC(=O)NC2CC2)no1. The number of carbonyl (C=O) groups is 3. The summed E-state index contributed by atoms with van der Waals surface area (Å²) in [5.74, 6) is -0.225. The second kappa shape index (κ2) is 8.67. The van der Waals surface area contributed by atoms with Crippen molar-refractivity contribution in [3.8, 4) is 0 Å². The van der Waals surface area contributed by atoms with Crippen molar-refractivity contribution in [3.63, 3.8) is 0 Å². The molecule has 142 valence electrons. The van der Waals surface area contributed by atoms with Gasteiger partial charge in [0.15, 0.2) is 6.61 Å². The number of esters is 1. The molecule has 2 aromatic rings. The Balaban J connectivity index is 1.51. The van der Waals surface area contributed by atoms with Crippen LogP contribution in [0, 0.1) is 6.92 Å². The summed E-state index contributed by atoms with van der Waals surface area (Å²) in [4.78, 5) is 39.6. The van der Waals surface area contributed by atoms with Crippen LogP contribution in [0.4, 0.5) is 4.79 Å². The van der Waals surface area contributed by atoms with Crippen LogP contribution in [0.2, 0.25) is 0 Å². The molecule has 10 heteroatoms. The highest BCUT2D eigenvalue weighted by Gasteiger charge is 2.24. The van der Waals surface area contributed by atoms with Gasteiger partial charge in [-0.15, -0.1) is 0 Å². The molecule has 27 heavy (non-hydrogen) atoms. The number of nitrogens with one attached hydrogen (secondary N) is 2. The van der Waals surface area contributed by atoms with Crippen molar-refractivity contribution < 1.29 is 23.6 Å². The number of ether oxygens (including phenoxy) is 1. The molecule has 1 aliphatic carbocycles. The number of aromatic nitrogens is 2. The first-order chi connectivity index (χ1) is 13.0. The first kappa shape index (κ1) is 18.9. The first-order valence-corrected chi connectivity index (χ1v) is 9.27. The minimum Gasteiger partial charge on any atom is -0.452 e. The van der Waals surface area contributed by atoms with Gasteiger partial charge >= 0.3 is 12.0 Å². The maximum Gasteiger partial charge on any atom is 0.341 e. The summed E-state index contributed by atoms with van der Waals surface area (Å²) in [6, 6.07) is 4.50. The molecule has 1 fully saturated rings. The molecule has 3 rings (SSSR count). The fourth-order valence-electron chi connectivity index (χ4n) is 2.11. The minimum atomic E-state index is -0.697. The number of pyridine rings is 1. The van der Waals surface area contributed by atoms with Gasteiger partial charge in [-0.05, 0) is 31.9 Å². The van der Waals surface area contributed by atoms with Crippen LogP contribution in [0.15, 0.2) is 33.9 Å². The molecule has 0 spiro atoms. The molecule has 0 aliphatic heterocycles. The number of carbonyl (C=O) groups excluding carboxylic acids is 3. The van der Waals surface area contributed by atoms with Gasteiger partial charge in [-0.25, -0.2) is 14.6 Å². The highest BCUT2D eigenvalue weighted by atomic mass is 32.2. The third-order valence-electron chi connectivity index (χ3n) is 3.52. The van der Waals surface area contributed by atoms with E-state index in [1.807, 2.05) is 0 Å². The van der Waals surface area contributed by atoms with Gasteiger partial charge in [-0.1, -0.05) is 16.9 Å². The van der Waals surface area contributed by atoms with Crippen LogP contribution in [0.3, 0.4) is 0 Å². The number of amides is 3. The van der Waals surface area contributed by atoms with Crippen LogP contribution < -0.4 is 10.6 Å². The number of nitrogens with zero attached hydrogens (tertiary/aromatic N) is 2. The molecule has 2 heterocycles. The van der Waals surface area contributed by atoms with Gasteiger partial charge in [-0.3, -0.25) is 10.1 Å². The van der Waals surface area contributed by atoms with Gasteiger partial charge in [0.1, 0.15) is 10.8 Å². The van der Waals surface area contributed by atoms with Crippen LogP contribution in [0.25, 0.3) is 0 Å². The van der Waals surface area contributed by atoms with Gasteiger partial charge in [0.2, 0.25) is 0 Å². The van der Waals surface area contributed by atoms with E-state index in [9.17, 15) is 14.4 Å². The molecule has 0 aromatic carbocycles. The lowest BCUT2D eigenvalue weighted by atomic mass is 10.3. The molecule has 9 nitrogen and oxygen atoms in total. The van der Waals surface area contributed by atoms with Crippen molar-refractivity contribution in [2.45, 2.75) is 36.6 Å². The minimum absolute atomic E-state index is 0.129.